The van der Waals surface area contributed by atoms with Crippen LogP contribution in [0.2, 0.25) is 0 Å². The predicted molar refractivity (Wildman–Crippen MR) is 63.3 cm³/mol. The van der Waals surface area contributed by atoms with Crippen LogP contribution in [-0.4, -0.2) is 31.8 Å². The van der Waals surface area contributed by atoms with Gasteiger partial charge in [-0.2, -0.15) is 13.2 Å². The summed E-state index contributed by atoms with van der Waals surface area (Å²) in [5.41, 5.74) is 0.0801. The summed E-state index contributed by atoms with van der Waals surface area (Å²) in [5, 5.41) is 2.32. The molecule has 1 N–H and O–H groups in total. The number of ether oxygens (including phenoxy) is 1. The summed E-state index contributed by atoms with van der Waals surface area (Å²) >= 11 is 2.94. The maximum Gasteiger partial charge on any atom is 0.411 e. The average molecular weight is 344 g/mol. The van der Waals surface area contributed by atoms with E-state index in [-0.39, 0.29) is 23.2 Å². The number of carbonyl (C=O) groups excluding carboxylic acids is 1. The lowest BCUT2D eigenvalue weighted by Crippen LogP contribution is -2.28. The number of alkyl halides is 3. The Bertz CT molecular complexity index is 451. The van der Waals surface area contributed by atoms with E-state index >= 15 is 0 Å². The van der Waals surface area contributed by atoms with E-state index in [1.165, 1.54) is 12.1 Å². The second-order valence-corrected chi connectivity index (χ2v) is 4.41. The van der Waals surface area contributed by atoms with Gasteiger partial charge in [0.2, 0.25) is 0 Å². The van der Waals surface area contributed by atoms with Gasteiger partial charge in [-0.05, 0) is 34.1 Å². The van der Waals surface area contributed by atoms with Crippen LogP contribution >= 0.6 is 15.9 Å². The van der Waals surface area contributed by atoms with Gasteiger partial charge in [0.1, 0.15) is 12.4 Å². The summed E-state index contributed by atoms with van der Waals surface area (Å²) in [6.45, 7) is -1.73. The van der Waals surface area contributed by atoms with Crippen LogP contribution < -0.4 is 5.32 Å². The molecule has 3 nitrogen and oxygen atoms in total. The van der Waals surface area contributed by atoms with Gasteiger partial charge in [0.25, 0.3) is 5.91 Å². The van der Waals surface area contributed by atoms with Gasteiger partial charge < -0.3 is 10.1 Å². The Morgan fingerprint density at radius 1 is 1.37 bits per heavy atom. The highest BCUT2D eigenvalue weighted by molar-refractivity contribution is 9.10. The van der Waals surface area contributed by atoms with Gasteiger partial charge in [-0.3, -0.25) is 4.79 Å². The van der Waals surface area contributed by atoms with Crippen molar-refractivity contribution in [3.63, 3.8) is 0 Å². The van der Waals surface area contributed by atoms with Crippen molar-refractivity contribution in [3.05, 3.63) is 34.1 Å². The minimum absolute atomic E-state index is 0.0801. The van der Waals surface area contributed by atoms with E-state index in [0.717, 1.165) is 6.07 Å². The molecule has 0 aliphatic heterocycles. The van der Waals surface area contributed by atoms with Crippen molar-refractivity contribution in [1.82, 2.24) is 5.32 Å². The molecule has 1 rings (SSSR count). The molecule has 0 atom stereocenters. The minimum Gasteiger partial charge on any atom is -0.370 e. The molecule has 1 aromatic rings. The molecule has 0 aromatic heterocycles. The number of nitrogens with one attached hydrogen (secondary N) is 1. The summed E-state index contributed by atoms with van der Waals surface area (Å²) in [4.78, 5) is 11.5. The van der Waals surface area contributed by atoms with E-state index in [0.29, 0.717) is 0 Å². The van der Waals surface area contributed by atoms with E-state index in [1.807, 2.05) is 0 Å². The molecule has 8 heteroatoms. The Kier molecular flexibility index (Phi) is 5.74. The van der Waals surface area contributed by atoms with Crippen molar-refractivity contribution < 1.29 is 27.1 Å². The number of carbonyl (C=O) groups is 1. The number of amides is 1. The zero-order chi connectivity index (χ0) is 14.5. The highest BCUT2D eigenvalue weighted by Gasteiger charge is 2.27. The monoisotopic (exact) mass is 343 g/mol. The summed E-state index contributed by atoms with van der Waals surface area (Å²) in [6, 6.07) is 3.78. The Morgan fingerprint density at radius 2 is 2.05 bits per heavy atom. The first-order chi connectivity index (χ1) is 8.79. The first-order valence-electron chi connectivity index (χ1n) is 5.17. The van der Waals surface area contributed by atoms with Crippen molar-refractivity contribution in [2.24, 2.45) is 0 Å². The van der Waals surface area contributed by atoms with E-state index in [1.54, 1.807) is 0 Å². The summed E-state index contributed by atoms with van der Waals surface area (Å²) in [6.07, 6.45) is -4.39. The number of halogens is 5. The Hall–Kier alpha value is -1.15. The Morgan fingerprint density at radius 3 is 2.63 bits per heavy atom. The lowest BCUT2D eigenvalue weighted by molar-refractivity contribution is -0.173. The number of benzene rings is 1. The molecule has 0 fully saturated rings. The molecule has 0 heterocycles. The van der Waals surface area contributed by atoms with Crippen LogP contribution in [0.25, 0.3) is 0 Å². The normalized spacial score (nSPS) is 11.4. The number of hydrogen-bond donors (Lipinski definition) is 1. The standard InChI is InChI=1S/C11H10BrF4NO2/c12-8-2-1-7(5-9(8)13)10(18)17-3-4-19-6-11(14,15)16/h1-2,5H,3-4,6H2,(H,17,18). The minimum atomic E-state index is -4.39. The van der Waals surface area contributed by atoms with Crippen LogP contribution in [-0.2, 0) is 4.74 Å². The zero-order valence-corrected chi connectivity index (χ0v) is 11.1. The third-order valence-electron chi connectivity index (χ3n) is 1.98. The van der Waals surface area contributed by atoms with Crippen LogP contribution in [0, 0.1) is 5.82 Å². The molecule has 1 aromatic carbocycles. The molecule has 0 saturated heterocycles. The molecule has 0 aliphatic rings. The first-order valence-corrected chi connectivity index (χ1v) is 5.96. The topological polar surface area (TPSA) is 38.3 Å². The molecule has 0 unspecified atom stereocenters. The molecule has 0 bridgehead atoms. The predicted octanol–water partition coefficient (Wildman–Crippen LogP) is 2.90. The smallest absolute Gasteiger partial charge is 0.370 e. The fourth-order valence-corrected chi connectivity index (χ4v) is 1.41. The molecule has 19 heavy (non-hydrogen) atoms. The highest BCUT2D eigenvalue weighted by Crippen LogP contribution is 2.16. The molecular formula is C11H10BrF4NO2. The molecule has 0 spiro atoms. The van der Waals surface area contributed by atoms with Crippen LogP contribution in [0.5, 0.6) is 0 Å². The van der Waals surface area contributed by atoms with E-state index < -0.39 is 24.5 Å². The second kappa shape index (κ2) is 6.85. The number of rotatable bonds is 5. The summed E-state index contributed by atoms with van der Waals surface area (Å²) < 4.78 is 52.9. The molecule has 0 radical (unpaired) electrons. The quantitative estimate of drug-likeness (QED) is 0.659. The summed E-state index contributed by atoms with van der Waals surface area (Å²) in [5.74, 6) is -1.18. The van der Waals surface area contributed by atoms with Gasteiger partial charge in [0.05, 0.1) is 11.1 Å². The van der Waals surface area contributed by atoms with Gasteiger partial charge in [-0.15, -0.1) is 0 Å². The largest absolute Gasteiger partial charge is 0.411 e. The van der Waals surface area contributed by atoms with Crippen molar-refractivity contribution in [1.29, 1.82) is 0 Å². The van der Waals surface area contributed by atoms with Crippen molar-refractivity contribution in [2.45, 2.75) is 6.18 Å². The van der Waals surface area contributed by atoms with E-state index in [2.05, 4.69) is 26.0 Å². The van der Waals surface area contributed by atoms with Crippen LogP contribution in [0.4, 0.5) is 17.6 Å². The Balaban J connectivity index is 2.33. The van der Waals surface area contributed by atoms with Crippen molar-refractivity contribution in [2.75, 3.05) is 19.8 Å². The van der Waals surface area contributed by atoms with Gasteiger partial charge in [0.15, 0.2) is 0 Å². The van der Waals surface area contributed by atoms with Crippen LogP contribution in [0.15, 0.2) is 22.7 Å². The van der Waals surface area contributed by atoms with Gasteiger partial charge >= 0.3 is 6.18 Å². The second-order valence-electron chi connectivity index (χ2n) is 3.55. The van der Waals surface area contributed by atoms with Crippen LogP contribution in [0.3, 0.4) is 0 Å². The fraction of sp³-hybridized carbons (Fsp3) is 0.364. The summed E-state index contributed by atoms with van der Waals surface area (Å²) in [7, 11) is 0. The molecule has 1 amide bonds. The van der Waals surface area contributed by atoms with Crippen LogP contribution in [0.1, 0.15) is 10.4 Å². The highest BCUT2D eigenvalue weighted by atomic mass is 79.9. The molecular weight excluding hydrogens is 334 g/mol. The molecule has 0 saturated carbocycles. The third kappa shape index (κ3) is 6.02. The lowest BCUT2D eigenvalue weighted by atomic mass is 10.2. The van der Waals surface area contributed by atoms with E-state index in [9.17, 15) is 22.4 Å². The Labute approximate surface area is 115 Å². The average Bonchev–Trinajstić information content (AvgIpc) is 2.30. The maximum atomic E-state index is 13.1. The zero-order valence-electron chi connectivity index (χ0n) is 9.56. The lowest BCUT2D eigenvalue weighted by Gasteiger charge is -2.08. The van der Waals surface area contributed by atoms with Gasteiger partial charge in [-0.25, -0.2) is 4.39 Å². The van der Waals surface area contributed by atoms with Gasteiger partial charge in [-0.1, -0.05) is 0 Å². The molecule has 0 aliphatic carbocycles. The molecule has 106 valence electrons. The fourth-order valence-electron chi connectivity index (χ4n) is 1.16. The first kappa shape index (κ1) is 15.9. The van der Waals surface area contributed by atoms with Gasteiger partial charge in [0, 0.05) is 12.1 Å². The SMILES string of the molecule is O=C(NCCOCC(F)(F)F)c1ccc(Br)c(F)c1. The number of hydrogen-bond acceptors (Lipinski definition) is 2. The maximum absolute atomic E-state index is 13.1. The van der Waals surface area contributed by atoms with Crippen molar-refractivity contribution >= 4 is 21.8 Å². The third-order valence-corrected chi connectivity index (χ3v) is 2.62. The van der Waals surface area contributed by atoms with E-state index in [4.69, 9.17) is 0 Å². The van der Waals surface area contributed by atoms with Crippen molar-refractivity contribution in [3.8, 4) is 0 Å².